The molecule has 0 spiro atoms. The van der Waals surface area contributed by atoms with Gasteiger partial charge < -0.3 is 24.7 Å². The smallest absolute Gasteiger partial charge is 0.248 e. The molecular formula is C30H40N4O4. The molecule has 0 aliphatic carbocycles. The molecule has 4 rings (SSSR count). The van der Waals surface area contributed by atoms with E-state index in [2.05, 4.69) is 4.90 Å². The monoisotopic (exact) mass is 520 g/mol. The van der Waals surface area contributed by atoms with Gasteiger partial charge in [-0.25, -0.2) is 0 Å². The molecule has 0 bridgehead atoms. The fourth-order valence-electron chi connectivity index (χ4n) is 5.72. The molecule has 2 aromatic carbocycles. The quantitative estimate of drug-likeness (QED) is 0.579. The highest BCUT2D eigenvalue weighted by atomic mass is 16.3. The van der Waals surface area contributed by atoms with Gasteiger partial charge in [-0.05, 0) is 37.0 Å². The molecule has 3 amide bonds. The van der Waals surface area contributed by atoms with Crippen LogP contribution >= 0.6 is 0 Å². The van der Waals surface area contributed by atoms with E-state index in [1.807, 2.05) is 77.4 Å². The van der Waals surface area contributed by atoms with Crippen LogP contribution < -0.4 is 4.90 Å². The first-order valence-electron chi connectivity index (χ1n) is 13.8. The molecule has 1 atom stereocenters. The number of carbonyl (C=O) groups is 3. The van der Waals surface area contributed by atoms with E-state index in [0.29, 0.717) is 45.4 Å². The van der Waals surface area contributed by atoms with E-state index in [1.54, 1.807) is 4.90 Å². The highest BCUT2D eigenvalue weighted by Gasteiger charge is 2.34. The third kappa shape index (κ3) is 6.99. The van der Waals surface area contributed by atoms with Crippen LogP contribution in [0.2, 0.25) is 0 Å². The largest absolute Gasteiger partial charge is 0.387 e. The first-order valence-corrected chi connectivity index (χ1v) is 13.8. The van der Waals surface area contributed by atoms with Crippen molar-refractivity contribution in [2.75, 3.05) is 50.8 Å². The minimum atomic E-state index is -0.517. The Morgan fingerprint density at radius 1 is 0.895 bits per heavy atom. The van der Waals surface area contributed by atoms with Crippen molar-refractivity contribution >= 4 is 23.4 Å². The molecule has 1 N–H and O–H groups in total. The molecule has 1 unspecified atom stereocenters. The van der Waals surface area contributed by atoms with Crippen LogP contribution in [0.4, 0.5) is 5.69 Å². The highest BCUT2D eigenvalue weighted by molar-refractivity contribution is 5.93. The van der Waals surface area contributed by atoms with E-state index in [9.17, 15) is 19.5 Å². The van der Waals surface area contributed by atoms with Gasteiger partial charge in [-0.3, -0.25) is 14.4 Å². The minimum absolute atomic E-state index is 0.0678. The van der Waals surface area contributed by atoms with E-state index in [1.165, 1.54) is 0 Å². The van der Waals surface area contributed by atoms with Crippen molar-refractivity contribution in [1.29, 1.82) is 0 Å². The van der Waals surface area contributed by atoms with E-state index in [0.717, 1.165) is 37.2 Å². The number of para-hydroxylation sites is 1. The Kier molecular flexibility index (Phi) is 9.90. The summed E-state index contributed by atoms with van der Waals surface area (Å²) in [4.78, 5) is 46.6. The molecule has 2 aromatic rings. The molecule has 0 aromatic heterocycles. The van der Waals surface area contributed by atoms with Gasteiger partial charge in [0.25, 0.3) is 0 Å². The summed E-state index contributed by atoms with van der Waals surface area (Å²) < 4.78 is 0. The summed E-state index contributed by atoms with van der Waals surface area (Å²) >= 11 is 0. The first kappa shape index (κ1) is 27.8. The van der Waals surface area contributed by atoms with Gasteiger partial charge in [0.15, 0.2) is 0 Å². The van der Waals surface area contributed by atoms with Gasteiger partial charge in [0.1, 0.15) is 6.61 Å². The number of likely N-dealkylation sites (tertiary alicyclic amines) is 1. The van der Waals surface area contributed by atoms with Crippen molar-refractivity contribution in [1.82, 2.24) is 14.7 Å². The number of hydrogen-bond acceptors (Lipinski definition) is 5. The van der Waals surface area contributed by atoms with Gasteiger partial charge in [0, 0.05) is 57.4 Å². The molecular weight excluding hydrogens is 480 g/mol. The molecule has 2 heterocycles. The normalized spacial score (nSPS) is 19.2. The summed E-state index contributed by atoms with van der Waals surface area (Å²) in [5.41, 5.74) is 1.92. The number of aliphatic hydroxyl groups is 1. The van der Waals surface area contributed by atoms with Crippen molar-refractivity contribution in [3.8, 4) is 0 Å². The van der Waals surface area contributed by atoms with Gasteiger partial charge in [0.2, 0.25) is 17.7 Å². The Balaban J connectivity index is 1.45. The zero-order chi connectivity index (χ0) is 26.9. The maximum atomic E-state index is 13.4. The second-order valence-corrected chi connectivity index (χ2v) is 10.2. The number of hydrogen-bond donors (Lipinski definition) is 1. The third-order valence-corrected chi connectivity index (χ3v) is 7.70. The van der Waals surface area contributed by atoms with Crippen molar-refractivity contribution in [2.45, 2.75) is 51.1 Å². The van der Waals surface area contributed by atoms with Crippen LogP contribution in [0.3, 0.4) is 0 Å². The van der Waals surface area contributed by atoms with Gasteiger partial charge in [-0.2, -0.15) is 0 Å². The number of nitrogens with zero attached hydrogens (tertiary/aromatic N) is 4. The predicted octanol–water partition coefficient (Wildman–Crippen LogP) is 2.56. The zero-order valence-corrected chi connectivity index (χ0v) is 22.4. The Morgan fingerprint density at radius 2 is 1.55 bits per heavy atom. The molecule has 8 nitrogen and oxygen atoms in total. The number of piperidine rings is 1. The summed E-state index contributed by atoms with van der Waals surface area (Å²) in [5, 5.41) is 9.48. The average molecular weight is 521 g/mol. The van der Waals surface area contributed by atoms with Gasteiger partial charge in [-0.1, -0.05) is 55.5 Å². The van der Waals surface area contributed by atoms with Crippen molar-refractivity contribution in [3.63, 3.8) is 0 Å². The summed E-state index contributed by atoms with van der Waals surface area (Å²) in [5.74, 6) is -0.0879. The Bertz CT molecular complexity index is 1060. The number of amides is 3. The van der Waals surface area contributed by atoms with Crippen LogP contribution in [-0.2, 0) is 20.8 Å². The number of benzene rings is 2. The second-order valence-electron chi connectivity index (χ2n) is 10.2. The summed E-state index contributed by atoms with van der Waals surface area (Å²) in [6.45, 7) is 5.23. The zero-order valence-electron chi connectivity index (χ0n) is 22.4. The SMILES string of the molecule is CCC(=O)N(c1ccccc1)C1CCN(CC2CN(C(=O)CO)CCCN2C(=O)Cc2ccccc2)CC1. The highest BCUT2D eigenvalue weighted by Crippen LogP contribution is 2.25. The molecule has 0 saturated carbocycles. The van der Waals surface area contributed by atoms with E-state index in [-0.39, 0.29) is 29.8 Å². The lowest BCUT2D eigenvalue weighted by Gasteiger charge is -2.41. The molecule has 2 fully saturated rings. The number of carbonyl (C=O) groups excluding carboxylic acids is 3. The lowest BCUT2D eigenvalue weighted by atomic mass is 10.0. The number of rotatable bonds is 8. The molecule has 2 aliphatic heterocycles. The topological polar surface area (TPSA) is 84.4 Å². The van der Waals surface area contributed by atoms with Crippen LogP contribution in [0.5, 0.6) is 0 Å². The van der Waals surface area contributed by atoms with E-state index < -0.39 is 6.61 Å². The van der Waals surface area contributed by atoms with Crippen molar-refractivity contribution in [2.24, 2.45) is 0 Å². The first-order chi connectivity index (χ1) is 18.5. The molecule has 2 saturated heterocycles. The molecule has 204 valence electrons. The van der Waals surface area contributed by atoms with Crippen LogP contribution in [0.1, 0.15) is 38.2 Å². The van der Waals surface area contributed by atoms with E-state index >= 15 is 0 Å². The summed E-state index contributed by atoms with van der Waals surface area (Å²) in [6, 6.07) is 19.6. The number of anilines is 1. The summed E-state index contributed by atoms with van der Waals surface area (Å²) in [6.07, 6.45) is 3.19. The fourth-order valence-corrected chi connectivity index (χ4v) is 5.72. The Hall–Kier alpha value is -3.23. The lowest BCUT2D eigenvalue weighted by Crippen LogP contribution is -2.54. The molecule has 2 aliphatic rings. The second kappa shape index (κ2) is 13.5. The van der Waals surface area contributed by atoms with Crippen molar-refractivity contribution < 1.29 is 19.5 Å². The van der Waals surface area contributed by atoms with Gasteiger partial charge in [-0.15, -0.1) is 0 Å². The maximum absolute atomic E-state index is 13.4. The maximum Gasteiger partial charge on any atom is 0.248 e. The van der Waals surface area contributed by atoms with Crippen LogP contribution in [0.15, 0.2) is 60.7 Å². The van der Waals surface area contributed by atoms with Gasteiger partial charge >= 0.3 is 0 Å². The lowest BCUT2D eigenvalue weighted by molar-refractivity contribution is -0.137. The van der Waals surface area contributed by atoms with Crippen LogP contribution in [0.25, 0.3) is 0 Å². The van der Waals surface area contributed by atoms with Gasteiger partial charge in [0.05, 0.1) is 12.5 Å². The predicted molar refractivity (Wildman–Crippen MR) is 148 cm³/mol. The minimum Gasteiger partial charge on any atom is -0.387 e. The third-order valence-electron chi connectivity index (χ3n) is 7.70. The molecule has 8 heteroatoms. The van der Waals surface area contributed by atoms with Crippen LogP contribution in [0, 0.1) is 0 Å². The fraction of sp³-hybridized carbons (Fsp3) is 0.500. The molecule has 0 radical (unpaired) electrons. The van der Waals surface area contributed by atoms with Crippen LogP contribution in [-0.4, -0.2) is 95.5 Å². The number of aliphatic hydroxyl groups excluding tert-OH is 1. The Morgan fingerprint density at radius 3 is 2.18 bits per heavy atom. The Labute approximate surface area is 225 Å². The van der Waals surface area contributed by atoms with Crippen molar-refractivity contribution in [3.05, 3.63) is 66.2 Å². The molecule has 38 heavy (non-hydrogen) atoms. The standard InChI is InChI=1S/C30H40N4O4/c1-2-28(36)34(25-12-7-4-8-13-25)26-14-18-31(19-15-26)21-27-22-32(30(38)23-35)16-9-17-33(27)29(37)20-24-10-5-3-6-11-24/h3-8,10-13,26-27,35H,2,9,14-23H2,1H3. The van der Waals surface area contributed by atoms with E-state index in [4.69, 9.17) is 0 Å². The summed E-state index contributed by atoms with van der Waals surface area (Å²) in [7, 11) is 0. The average Bonchev–Trinajstić information content (AvgIpc) is 3.17.